The molecule has 0 spiro atoms. The normalized spacial score (nSPS) is 25.7. The Morgan fingerprint density at radius 3 is 2.78 bits per heavy atom. The number of nitrogens with one attached hydrogen (secondary N) is 2. The Kier molecular flexibility index (Phi) is 4.32. The molecular weight excluding hydrogens is 350 g/mol. The third kappa shape index (κ3) is 3.40. The molecule has 23 heavy (non-hydrogen) atoms. The van der Waals surface area contributed by atoms with Crippen LogP contribution in [0, 0.1) is 0 Å². The van der Waals surface area contributed by atoms with Crippen molar-refractivity contribution in [3.8, 4) is 0 Å². The fourth-order valence-corrected chi connectivity index (χ4v) is 5.01. The van der Waals surface area contributed by atoms with Gasteiger partial charge in [0.25, 0.3) is 5.91 Å². The van der Waals surface area contributed by atoms with Crippen LogP contribution in [-0.2, 0) is 0 Å². The first kappa shape index (κ1) is 15.4. The van der Waals surface area contributed by atoms with Crippen molar-refractivity contribution in [1.29, 1.82) is 0 Å². The first-order valence-corrected chi connectivity index (χ1v) is 9.61. The Morgan fingerprint density at radius 2 is 2.17 bits per heavy atom. The number of aromatic nitrogens is 1. The van der Waals surface area contributed by atoms with Crippen molar-refractivity contribution < 1.29 is 4.79 Å². The largest absolute Gasteiger partial charge is 0.348 e. The second kappa shape index (κ2) is 6.43. The van der Waals surface area contributed by atoms with Gasteiger partial charge in [-0.3, -0.25) is 4.79 Å². The number of nitrogens with zero attached hydrogens (tertiary/aromatic N) is 1. The van der Waals surface area contributed by atoms with Gasteiger partial charge in [-0.25, -0.2) is 0 Å². The molecule has 3 unspecified atom stereocenters. The summed E-state index contributed by atoms with van der Waals surface area (Å²) in [5.74, 6) is 0.0117. The number of hydrogen-bond donors (Lipinski definition) is 2. The summed E-state index contributed by atoms with van der Waals surface area (Å²) >= 11 is 8.71. The van der Waals surface area contributed by atoms with Gasteiger partial charge >= 0.3 is 0 Å². The lowest BCUT2D eigenvalue weighted by molar-refractivity contribution is 0.0931. The number of hydrogen-bond acceptors (Lipinski definition) is 5. The zero-order valence-electron chi connectivity index (χ0n) is 12.3. The number of amides is 1. The van der Waals surface area contributed by atoms with E-state index in [2.05, 4.69) is 15.0 Å². The van der Waals surface area contributed by atoms with Gasteiger partial charge in [-0.2, -0.15) is 4.37 Å². The molecule has 2 fully saturated rings. The number of rotatable bonds is 4. The fourth-order valence-electron chi connectivity index (χ4n) is 3.32. The average Bonchev–Trinajstić information content (AvgIpc) is 3.25. The Bertz CT molecular complexity index is 718. The van der Waals surface area contributed by atoms with Crippen LogP contribution in [0.25, 0.3) is 0 Å². The van der Waals surface area contributed by atoms with E-state index in [9.17, 15) is 4.79 Å². The SMILES string of the molecule is O=C(NC1CC2CCC1N2)c1ccc(Sc2cc(Cl)sn2)cc1. The lowest BCUT2D eigenvalue weighted by Gasteiger charge is -2.21. The molecule has 7 heteroatoms. The highest BCUT2D eigenvalue weighted by atomic mass is 35.5. The molecule has 3 atom stereocenters. The van der Waals surface area contributed by atoms with Crippen molar-refractivity contribution in [1.82, 2.24) is 15.0 Å². The van der Waals surface area contributed by atoms with Crippen LogP contribution >= 0.6 is 34.9 Å². The lowest BCUT2D eigenvalue weighted by atomic mass is 9.95. The molecule has 1 aromatic heterocycles. The number of benzene rings is 1. The van der Waals surface area contributed by atoms with Gasteiger partial charge in [-0.1, -0.05) is 23.4 Å². The molecule has 4 nitrogen and oxygen atoms in total. The van der Waals surface area contributed by atoms with Gasteiger partial charge in [0, 0.05) is 34.7 Å². The molecule has 0 radical (unpaired) electrons. The standard InChI is InChI=1S/C16H16ClN3OS2/c17-14-8-15(20-23-14)22-11-4-1-9(2-5-11)16(21)19-13-7-10-3-6-12(13)18-10/h1-2,4-5,8,10,12-13,18H,3,6-7H2,(H,19,21). The summed E-state index contributed by atoms with van der Waals surface area (Å²) in [6, 6.07) is 10.8. The topological polar surface area (TPSA) is 54.0 Å². The smallest absolute Gasteiger partial charge is 0.251 e. The van der Waals surface area contributed by atoms with E-state index >= 15 is 0 Å². The van der Waals surface area contributed by atoms with Crippen molar-refractivity contribution in [2.75, 3.05) is 0 Å². The van der Waals surface area contributed by atoms with E-state index in [1.54, 1.807) is 11.8 Å². The van der Waals surface area contributed by atoms with Gasteiger partial charge in [0.2, 0.25) is 0 Å². The van der Waals surface area contributed by atoms with E-state index in [1.807, 2.05) is 30.3 Å². The maximum absolute atomic E-state index is 12.4. The number of carbonyl (C=O) groups is 1. The van der Waals surface area contributed by atoms with E-state index in [-0.39, 0.29) is 11.9 Å². The van der Waals surface area contributed by atoms with Crippen LogP contribution in [0.5, 0.6) is 0 Å². The van der Waals surface area contributed by atoms with Gasteiger partial charge in [0.05, 0.1) is 0 Å². The average molecular weight is 366 g/mol. The summed E-state index contributed by atoms with van der Waals surface area (Å²) in [6.45, 7) is 0. The molecule has 0 saturated carbocycles. The van der Waals surface area contributed by atoms with Crippen LogP contribution in [0.1, 0.15) is 29.6 Å². The highest BCUT2D eigenvalue weighted by Gasteiger charge is 2.39. The number of fused-ring (bicyclic) bond motifs is 2. The van der Waals surface area contributed by atoms with Crippen molar-refractivity contribution in [2.45, 2.75) is 47.3 Å². The quantitative estimate of drug-likeness (QED) is 0.869. The highest BCUT2D eigenvalue weighted by Crippen LogP contribution is 2.31. The summed E-state index contributed by atoms with van der Waals surface area (Å²) in [4.78, 5) is 13.4. The van der Waals surface area contributed by atoms with Crippen LogP contribution in [0.3, 0.4) is 0 Å². The molecule has 2 aliphatic heterocycles. The zero-order valence-corrected chi connectivity index (χ0v) is 14.7. The van der Waals surface area contributed by atoms with Gasteiger partial charge < -0.3 is 10.6 Å². The molecule has 0 aliphatic carbocycles. The maximum Gasteiger partial charge on any atom is 0.251 e. The predicted molar refractivity (Wildman–Crippen MR) is 93.5 cm³/mol. The van der Waals surface area contributed by atoms with E-state index in [1.165, 1.54) is 24.4 Å². The minimum Gasteiger partial charge on any atom is -0.348 e. The minimum atomic E-state index is 0.0117. The van der Waals surface area contributed by atoms with Gasteiger partial charge in [-0.05, 0) is 55.1 Å². The van der Waals surface area contributed by atoms with E-state index in [0.29, 0.717) is 22.0 Å². The van der Waals surface area contributed by atoms with E-state index in [0.717, 1.165) is 16.3 Å². The Hall–Kier alpha value is -1.08. The first-order valence-electron chi connectivity index (χ1n) is 7.64. The zero-order chi connectivity index (χ0) is 15.8. The Labute approximate surface area is 148 Å². The maximum atomic E-state index is 12.4. The molecule has 2 N–H and O–H groups in total. The summed E-state index contributed by atoms with van der Waals surface area (Å²) in [5.41, 5.74) is 0.702. The van der Waals surface area contributed by atoms with Crippen LogP contribution in [-0.4, -0.2) is 28.4 Å². The summed E-state index contributed by atoms with van der Waals surface area (Å²) in [5, 5.41) is 7.58. The Morgan fingerprint density at radius 1 is 1.35 bits per heavy atom. The minimum absolute atomic E-state index is 0.0117. The molecule has 2 aromatic rings. The van der Waals surface area contributed by atoms with Crippen molar-refractivity contribution in [3.63, 3.8) is 0 Å². The third-order valence-corrected chi connectivity index (χ3v) is 6.35. The molecule has 1 aromatic carbocycles. The molecule has 2 bridgehead atoms. The number of halogens is 1. The van der Waals surface area contributed by atoms with E-state index < -0.39 is 0 Å². The van der Waals surface area contributed by atoms with Crippen LogP contribution in [0.15, 0.2) is 40.3 Å². The summed E-state index contributed by atoms with van der Waals surface area (Å²) in [6.07, 6.45) is 3.46. The molecule has 4 rings (SSSR count). The van der Waals surface area contributed by atoms with Crippen molar-refractivity contribution in [3.05, 3.63) is 40.2 Å². The van der Waals surface area contributed by atoms with Crippen molar-refractivity contribution >= 4 is 40.8 Å². The van der Waals surface area contributed by atoms with E-state index in [4.69, 9.17) is 11.6 Å². The highest BCUT2D eigenvalue weighted by molar-refractivity contribution is 7.99. The second-order valence-corrected chi connectivity index (χ2v) is 8.49. The molecule has 2 saturated heterocycles. The molecular formula is C16H16ClN3OS2. The van der Waals surface area contributed by atoms with Gasteiger partial charge in [-0.15, -0.1) is 0 Å². The molecule has 2 aliphatic rings. The van der Waals surface area contributed by atoms with Gasteiger partial charge in [0.15, 0.2) is 0 Å². The van der Waals surface area contributed by atoms with Gasteiger partial charge in [0.1, 0.15) is 9.36 Å². The first-order chi connectivity index (χ1) is 11.2. The van der Waals surface area contributed by atoms with Crippen LogP contribution in [0.2, 0.25) is 4.34 Å². The summed E-state index contributed by atoms with van der Waals surface area (Å²) in [7, 11) is 0. The number of carbonyl (C=O) groups excluding carboxylic acids is 1. The molecule has 1 amide bonds. The van der Waals surface area contributed by atoms with Crippen LogP contribution in [0.4, 0.5) is 0 Å². The lowest BCUT2D eigenvalue weighted by Crippen LogP contribution is -2.42. The van der Waals surface area contributed by atoms with Crippen LogP contribution < -0.4 is 10.6 Å². The summed E-state index contributed by atoms with van der Waals surface area (Å²) < 4.78 is 4.93. The predicted octanol–water partition coefficient (Wildman–Crippen LogP) is 3.57. The molecule has 120 valence electrons. The monoisotopic (exact) mass is 365 g/mol. The fraction of sp³-hybridized carbons (Fsp3) is 0.375. The van der Waals surface area contributed by atoms with Crippen molar-refractivity contribution in [2.24, 2.45) is 0 Å². The third-order valence-electron chi connectivity index (χ3n) is 4.42. The Balaban J connectivity index is 1.38. The molecule has 3 heterocycles. The second-order valence-electron chi connectivity index (χ2n) is 5.96.